The van der Waals surface area contributed by atoms with E-state index in [9.17, 15) is 4.79 Å². The van der Waals surface area contributed by atoms with Gasteiger partial charge in [0, 0.05) is 18.0 Å². The molecule has 3 nitrogen and oxygen atoms in total. The van der Waals surface area contributed by atoms with Gasteiger partial charge in [0.15, 0.2) is 0 Å². The average molecular weight is 264 g/mol. The molecule has 2 aliphatic rings. The van der Waals surface area contributed by atoms with E-state index in [0.29, 0.717) is 11.8 Å². The molecule has 98 valence electrons. The predicted octanol–water partition coefficient (Wildman–Crippen LogP) is 2.08. The molecule has 1 aromatic heterocycles. The van der Waals surface area contributed by atoms with Gasteiger partial charge in [0.05, 0.1) is 12.5 Å². The minimum atomic E-state index is 0.0775. The zero-order valence-corrected chi connectivity index (χ0v) is 11.5. The Kier molecular flexibility index (Phi) is 3.16. The summed E-state index contributed by atoms with van der Waals surface area (Å²) in [5.74, 6) is 1.47. The Hall–Kier alpha value is -0.870. The van der Waals surface area contributed by atoms with Crippen LogP contribution in [-0.2, 0) is 11.3 Å². The number of nitrogens with two attached hydrogens (primary N) is 1. The van der Waals surface area contributed by atoms with Crippen LogP contribution in [0.15, 0.2) is 17.5 Å². The number of nitrogens with zero attached hydrogens (tertiary/aromatic N) is 1. The molecule has 0 aliphatic heterocycles. The lowest BCUT2D eigenvalue weighted by atomic mass is 9.84. The molecule has 2 bridgehead atoms. The molecule has 18 heavy (non-hydrogen) atoms. The molecule has 4 heteroatoms. The summed E-state index contributed by atoms with van der Waals surface area (Å²) in [5.41, 5.74) is 6.23. The number of amides is 1. The minimum Gasteiger partial charge on any atom is -0.340 e. The first-order chi connectivity index (χ1) is 8.66. The fourth-order valence-corrected chi connectivity index (χ4v) is 4.43. The first kappa shape index (κ1) is 12.2. The number of hydrogen-bond donors (Lipinski definition) is 1. The molecule has 1 amide bonds. The van der Waals surface area contributed by atoms with Crippen LogP contribution in [-0.4, -0.2) is 23.9 Å². The number of carbonyl (C=O) groups excluding carboxylic acids is 1. The Morgan fingerprint density at radius 3 is 2.89 bits per heavy atom. The summed E-state index contributed by atoms with van der Waals surface area (Å²) in [5, 5.41) is 2.05. The van der Waals surface area contributed by atoms with Gasteiger partial charge in [-0.15, -0.1) is 11.3 Å². The second-order valence-corrected chi connectivity index (χ2v) is 6.74. The van der Waals surface area contributed by atoms with E-state index in [-0.39, 0.29) is 17.9 Å². The standard InChI is InChI=1S/C14H20N2OS/c1-16(8-11-3-2-6-18-11)14(17)12-9-4-5-10(7-9)13(12)15/h2-3,6,9-10,12-13H,4-5,7-8,15H2,1H3. The van der Waals surface area contributed by atoms with E-state index in [2.05, 4.69) is 11.4 Å². The third-order valence-corrected chi connectivity index (χ3v) is 5.48. The average Bonchev–Trinajstić information content (AvgIpc) is 3.04. The number of thiophene rings is 1. The van der Waals surface area contributed by atoms with E-state index < -0.39 is 0 Å². The van der Waals surface area contributed by atoms with Gasteiger partial charge in [0.2, 0.25) is 5.91 Å². The van der Waals surface area contributed by atoms with Crippen molar-refractivity contribution in [3.8, 4) is 0 Å². The van der Waals surface area contributed by atoms with Crippen LogP contribution < -0.4 is 5.73 Å². The van der Waals surface area contributed by atoms with Crippen molar-refractivity contribution in [3.05, 3.63) is 22.4 Å². The Bertz CT molecular complexity index is 429. The van der Waals surface area contributed by atoms with Crippen molar-refractivity contribution in [2.24, 2.45) is 23.5 Å². The summed E-state index contributed by atoms with van der Waals surface area (Å²) >= 11 is 1.70. The van der Waals surface area contributed by atoms with Crippen molar-refractivity contribution in [1.82, 2.24) is 4.90 Å². The van der Waals surface area contributed by atoms with Crippen LogP contribution in [0.1, 0.15) is 24.1 Å². The smallest absolute Gasteiger partial charge is 0.227 e. The number of rotatable bonds is 3. The lowest BCUT2D eigenvalue weighted by Gasteiger charge is -2.30. The number of carbonyl (C=O) groups is 1. The van der Waals surface area contributed by atoms with E-state index >= 15 is 0 Å². The van der Waals surface area contributed by atoms with Gasteiger partial charge in [0.1, 0.15) is 0 Å². The third-order valence-electron chi connectivity index (χ3n) is 4.62. The molecule has 2 aliphatic carbocycles. The van der Waals surface area contributed by atoms with Gasteiger partial charge in [-0.3, -0.25) is 4.79 Å². The predicted molar refractivity (Wildman–Crippen MR) is 73.1 cm³/mol. The summed E-state index contributed by atoms with van der Waals surface area (Å²) in [7, 11) is 1.90. The Morgan fingerprint density at radius 1 is 1.50 bits per heavy atom. The van der Waals surface area contributed by atoms with E-state index in [1.807, 2.05) is 18.0 Å². The number of hydrogen-bond acceptors (Lipinski definition) is 3. The molecule has 2 fully saturated rings. The molecular weight excluding hydrogens is 244 g/mol. The fraction of sp³-hybridized carbons (Fsp3) is 0.643. The molecule has 0 radical (unpaired) electrons. The van der Waals surface area contributed by atoms with Gasteiger partial charge in [-0.1, -0.05) is 6.07 Å². The highest BCUT2D eigenvalue weighted by molar-refractivity contribution is 7.09. The van der Waals surface area contributed by atoms with Crippen LogP contribution in [0.4, 0.5) is 0 Å². The van der Waals surface area contributed by atoms with Gasteiger partial charge in [-0.2, -0.15) is 0 Å². The maximum absolute atomic E-state index is 12.5. The molecule has 1 heterocycles. The molecule has 4 unspecified atom stereocenters. The molecule has 2 saturated carbocycles. The van der Waals surface area contributed by atoms with Gasteiger partial charge >= 0.3 is 0 Å². The lowest BCUT2D eigenvalue weighted by Crippen LogP contribution is -2.45. The fourth-order valence-electron chi connectivity index (χ4n) is 3.67. The van der Waals surface area contributed by atoms with Crippen molar-refractivity contribution >= 4 is 17.2 Å². The molecule has 0 spiro atoms. The second-order valence-electron chi connectivity index (χ2n) is 5.71. The van der Waals surface area contributed by atoms with Crippen LogP contribution in [0.2, 0.25) is 0 Å². The Labute approximate surface area is 112 Å². The van der Waals surface area contributed by atoms with E-state index in [0.717, 1.165) is 6.54 Å². The normalized spacial score (nSPS) is 33.9. The van der Waals surface area contributed by atoms with Crippen LogP contribution >= 0.6 is 11.3 Å². The monoisotopic (exact) mass is 264 g/mol. The quantitative estimate of drug-likeness (QED) is 0.908. The molecule has 0 aromatic carbocycles. The molecule has 4 atom stereocenters. The Morgan fingerprint density at radius 2 is 2.28 bits per heavy atom. The summed E-state index contributed by atoms with van der Waals surface area (Å²) in [6.45, 7) is 0.719. The Balaban J connectivity index is 1.67. The highest BCUT2D eigenvalue weighted by Gasteiger charge is 2.49. The maximum Gasteiger partial charge on any atom is 0.227 e. The van der Waals surface area contributed by atoms with Crippen molar-refractivity contribution in [2.75, 3.05) is 7.05 Å². The topological polar surface area (TPSA) is 46.3 Å². The van der Waals surface area contributed by atoms with Crippen LogP contribution in [0.5, 0.6) is 0 Å². The zero-order chi connectivity index (χ0) is 12.7. The third kappa shape index (κ3) is 1.97. The minimum absolute atomic E-state index is 0.0775. The lowest BCUT2D eigenvalue weighted by molar-refractivity contribution is -0.136. The highest BCUT2D eigenvalue weighted by Crippen LogP contribution is 2.48. The molecular formula is C14H20N2OS. The summed E-state index contributed by atoms with van der Waals surface area (Å²) < 4.78 is 0. The van der Waals surface area contributed by atoms with Crippen molar-refractivity contribution < 1.29 is 4.79 Å². The van der Waals surface area contributed by atoms with Crippen LogP contribution in [0, 0.1) is 17.8 Å². The van der Waals surface area contributed by atoms with Gasteiger partial charge in [-0.25, -0.2) is 0 Å². The summed E-state index contributed by atoms with van der Waals surface area (Å²) in [4.78, 5) is 15.6. The van der Waals surface area contributed by atoms with Crippen molar-refractivity contribution in [1.29, 1.82) is 0 Å². The second kappa shape index (κ2) is 4.67. The summed E-state index contributed by atoms with van der Waals surface area (Å²) in [6, 6.07) is 4.21. The number of fused-ring (bicyclic) bond motifs is 2. The van der Waals surface area contributed by atoms with E-state index in [4.69, 9.17) is 5.73 Å². The van der Waals surface area contributed by atoms with Crippen molar-refractivity contribution in [3.63, 3.8) is 0 Å². The molecule has 0 saturated heterocycles. The largest absolute Gasteiger partial charge is 0.340 e. The molecule has 3 rings (SSSR count). The van der Waals surface area contributed by atoms with Crippen LogP contribution in [0.25, 0.3) is 0 Å². The molecule has 2 N–H and O–H groups in total. The zero-order valence-electron chi connectivity index (χ0n) is 10.7. The van der Waals surface area contributed by atoms with Gasteiger partial charge in [-0.05, 0) is 42.5 Å². The first-order valence-electron chi connectivity index (χ1n) is 6.69. The van der Waals surface area contributed by atoms with Crippen molar-refractivity contribution in [2.45, 2.75) is 31.8 Å². The van der Waals surface area contributed by atoms with Gasteiger partial charge in [0.25, 0.3) is 0 Å². The van der Waals surface area contributed by atoms with E-state index in [1.54, 1.807) is 11.3 Å². The SMILES string of the molecule is CN(Cc1cccs1)C(=O)C1C2CCC(C2)C1N. The van der Waals surface area contributed by atoms with Gasteiger partial charge < -0.3 is 10.6 Å². The summed E-state index contributed by atoms with van der Waals surface area (Å²) in [6.07, 6.45) is 3.59. The van der Waals surface area contributed by atoms with Crippen LogP contribution in [0.3, 0.4) is 0 Å². The highest BCUT2D eigenvalue weighted by atomic mass is 32.1. The molecule has 1 aromatic rings. The maximum atomic E-state index is 12.5. The van der Waals surface area contributed by atoms with E-state index in [1.165, 1.54) is 24.1 Å². The first-order valence-corrected chi connectivity index (χ1v) is 7.57.